The third-order valence-corrected chi connectivity index (χ3v) is 4.17. The Kier molecular flexibility index (Phi) is 4.86. The SMILES string of the molecule is Cl.NC[C@H]1CC[C@@H](C(=O)NC2(c3ccc(F)cc3)CC2)O1. The van der Waals surface area contributed by atoms with Gasteiger partial charge in [-0.15, -0.1) is 12.4 Å². The molecule has 1 aromatic carbocycles. The number of rotatable bonds is 4. The molecule has 3 N–H and O–H groups in total. The number of amides is 1. The van der Waals surface area contributed by atoms with Crippen molar-refractivity contribution in [1.82, 2.24) is 5.32 Å². The lowest BCUT2D eigenvalue weighted by atomic mass is 10.0. The Morgan fingerprint density at radius 1 is 1.33 bits per heavy atom. The highest BCUT2D eigenvalue weighted by Crippen LogP contribution is 2.45. The Hall–Kier alpha value is -1.17. The van der Waals surface area contributed by atoms with Crippen LogP contribution in [0.4, 0.5) is 4.39 Å². The highest BCUT2D eigenvalue weighted by Gasteiger charge is 2.47. The Morgan fingerprint density at radius 3 is 2.52 bits per heavy atom. The first-order chi connectivity index (χ1) is 9.63. The summed E-state index contributed by atoms with van der Waals surface area (Å²) >= 11 is 0. The smallest absolute Gasteiger partial charge is 0.249 e. The van der Waals surface area contributed by atoms with Crippen molar-refractivity contribution in [3.63, 3.8) is 0 Å². The van der Waals surface area contributed by atoms with Crippen LogP contribution in [0.2, 0.25) is 0 Å². The minimum Gasteiger partial charge on any atom is -0.364 e. The predicted octanol–water partition coefficient (Wildman–Crippen LogP) is 1.86. The van der Waals surface area contributed by atoms with Crippen LogP contribution in [0.15, 0.2) is 24.3 Å². The second-order valence-corrected chi connectivity index (χ2v) is 5.64. The van der Waals surface area contributed by atoms with Gasteiger partial charge in [-0.3, -0.25) is 4.79 Å². The van der Waals surface area contributed by atoms with Gasteiger partial charge in [-0.05, 0) is 43.4 Å². The maximum atomic E-state index is 13.0. The molecule has 1 amide bonds. The Balaban J connectivity index is 0.00000161. The highest BCUT2D eigenvalue weighted by atomic mass is 35.5. The molecule has 1 aromatic rings. The molecule has 0 bridgehead atoms. The first-order valence-corrected chi connectivity index (χ1v) is 7.06. The lowest BCUT2D eigenvalue weighted by Crippen LogP contribution is -2.42. The predicted molar refractivity (Wildman–Crippen MR) is 79.7 cm³/mol. The maximum Gasteiger partial charge on any atom is 0.249 e. The summed E-state index contributed by atoms with van der Waals surface area (Å²) < 4.78 is 18.6. The van der Waals surface area contributed by atoms with E-state index in [0.29, 0.717) is 13.0 Å². The van der Waals surface area contributed by atoms with E-state index < -0.39 is 6.10 Å². The standard InChI is InChI=1S/C15H19FN2O2.ClH/c16-11-3-1-10(2-4-11)15(7-8-15)18-14(19)13-6-5-12(9-17)20-13;/h1-4,12-13H,5-9,17H2,(H,18,19);1H/t12-,13+;/m1./s1. The number of nitrogens with two attached hydrogens (primary N) is 1. The number of carbonyl (C=O) groups excluding carboxylic acids is 1. The average Bonchev–Trinajstić information content (AvgIpc) is 3.06. The maximum absolute atomic E-state index is 13.0. The van der Waals surface area contributed by atoms with Gasteiger partial charge in [0, 0.05) is 6.54 Å². The molecule has 1 aliphatic carbocycles. The zero-order chi connectivity index (χ0) is 14.2. The van der Waals surface area contributed by atoms with Crippen LogP contribution in [-0.4, -0.2) is 24.7 Å². The summed E-state index contributed by atoms with van der Waals surface area (Å²) in [6.07, 6.45) is 2.91. The molecule has 1 saturated carbocycles. The summed E-state index contributed by atoms with van der Waals surface area (Å²) in [6, 6.07) is 6.33. The monoisotopic (exact) mass is 314 g/mol. The van der Waals surface area contributed by atoms with E-state index in [2.05, 4.69) is 5.32 Å². The molecule has 0 radical (unpaired) electrons. The fourth-order valence-corrected chi connectivity index (χ4v) is 2.77. The molecule has 2 aliphatic rings. The number of hydrogen-bond donors (Lipinski definition) is 2. The van der Waals surface area contributed by atoms with Crippen molar-refractivity contribution in [2.75, 3.05) is 6.54 Å². The van der Waals surface area contributed by atoms with E-state index in [4.69, 9.17) is 10.5 Å². The van der Waals surface area contributed by atoms with Gasteiger partial charge in [-0.25, -0.2) is 4.39 Å². The van der Waals surface area contributed by atoms with E-state index in [1.165, 1.54) is 12.1 Å². The van der Waals surface area contributed by atoms with Gasteiger partial charge < -0.3 is 15.8 Å². The summed E-state index contributed by atoms with van der Waals surface area (Å²) in [5.74, 6) is -0.344. The topological polar surface area (TPSA) is 64.4 Å². The summed E-state index contributed by atoms with van der Waals surface area (Å²) in [5, 5.41) is 3.06. The third kappa shape index (κ3) is 3.36. The van der Waals surface area contributed by atoms with Crippen molar-refractivity contribution in [3.8, 4) is 0 Å². The molecular weight excluding hydrogens is 295 g/mol. The minimum atomic E-state index is -0.401. The van der Waals surface area contributed by atoms with Crippen LogP contribution in [0.5, 0.6) is 0 Å². The van der Waals surface area contributed by atoms with Gasteiger partial charge in [-0.1, -0.05) is 12.1 Å². The first kappa shape index (κ1) is 16.2. The number of ether oxygens (including phenoxy) is 1. The second-order valence-electron chi connectivity index (χ2n) is 5.64. The van der Waals surface area contributed by atoms with Crippen molar-refractivity contribution >= 4 is 18.3 Å². The molecule has 2 atom stereocenters. The quantitative estimate of drug-likeness (QED) is 0.891. The molecule has 1 aliphatic heterocycles. The normalized spacial score (nSPS) is 26.0. The van der Waals surface area contributed by atoms with Crippen LogP contribution in [-0.2, 0) is 15.1 Å². The van der Waals surface area contributed by atoms with Crippen molar-refractivity contribution in [2.45, 2.75) is 43.4 Å². The Bertz CT molecular complexity index is 505. The number of benzene rings is 1. The van der Waals surface area contributed by atoms with Gasteiger partial charge in [0.15, 0.2) is 0 Å². The number of carbonyl (C=O) groups is 1. The van der Waals surface area contributed by atoms with Crippen LogP contribution in [0.3, 0.4) is 0 Å². The van der Waals surface area contributed by atoms with Crippen LogP contribution in [0, 0.1) is 5.82 Å². The first-order valence-electron chi connectivity index (χ1n) is 7.06. The van der Waals surface area contributed by atoms with E-state index >= 15 is 0 Å². The molecule has 1 heterocycles. The molecule has 2 fully saturated rings. The molecule has 6 heteroatoms. The van der Waals surface area contributed by atoms with Gasteiger partial charge in [0.1, 0.15) is 11.9 Å². The largest absolute Gasteiger partial charge is 0.364 e. The molecule has 1 saturated heterocycles. The van der Waals surface area contributed by atoms with Gasteiger partial charge in [0.2, 0.25) is 5.91 Å². The van der Waals surface area contributed by atoms with Crippen molar-refractivity contribution in [2.24, 2.45) is 5.73 Å². The highest BCUT2D eigenvalue weighted by molar-refractivity contribution is 5.85. The second kappa shape index (κ2) is 6.30. The Morgan fingerprint density at radius 2 is 2.00 bits per heavy atom. The zero-order valence-corrected chi connectivity index (χ0v) is 12.5. The van der Waals surface area contributed by atoms with Crippen molar-refractivity contribution in [3.05, 3.63) is 35.6 Å². The Labute approximate surface area is 129 Å². The van der Waals surface area contributed by atoms with E-state index in [-0.39, 0.29) is 35.8 Å². The molecule has 3 rings (SSSR count). The number of hydrogen-bond acceptors (Lipinski definition) is 3. The molecule has 4 nitrogen and oxygen atoms in total. The van der Waals surface area contributed by atoms with E-state index in [9.17, 15) is 9.18 Å². The minimum absolute atomic E-state index is 0. The van der Waals surface area contributed by atoms with Crippen molar-refractivity contribution in [1.29, 1.82) is 0 Å². The fraction of sp³-hybridized carbons (Fsp3) is 0.533. The van der Waals surface area contributed by atoms with Gasteiger partial charge in [0.05, 0.1) is 11.6 Å². The van der Waals surface area contributed by atoms with E-state index in [1.54, 1.807) is 12.1 Å². The van der Waals surface area contributed by atoms with Crippen LogP contribution in [0.1, 0.15) is 31.2 Å². The number of nitrogens with one attached hydrogen (secondary N) is 1. The zero-order valence-electron chi connectivity index (χ0n) is 11.7. The molecule has 0 unspecified atom stereocenters. The fourth-order valence-electron chi connectivity index (χ4n) is 2.77. The molecule has 21 heavy (non-hydrogen) atoms. The molecular formula is C15H20ClFN2O2. The van der Waals surface area contributed by atoms with Crippen LogP contribution >= 0.6 is 12.4 Å². The third-order valence-electron chi connectivity index (χ3n) is 4.17. The van der Waals surface area contributed by atoms with Gasteiger partial charge in [-0.2, -0.15) is 0 Å². The van der Waals surface area contributed by atoms with Crippen LogP contribution in [0.25, 0.3) is 0 Å². The number of halogens is 2. The summed E-state index contributed by atoms with van der Waals surface area (Å²) in [6.45, 7) is 0.451. The van der Waals surface area contributed by atoms with E-state index in [1.807, 2.05) is 0 Å². The van der Waals surface area contributed by atoms with Gasteiger partial charge in [0.25, 0.3) is 0 Å². The average molecular weight is 315 g/mol. The van der Waals surface area contributed by atoms with E-state index in [0.717, 1.165) is 24.8 Å². The van der Waals surface area contributed by atoms with Gasteiger partial charge >= 0.3 is 0 Å². The van der Waals surface area contributed by atoms with Crippen molar-refractivity contribution < 1.29 is 13.9 Å². The molecule has 116 valence electrons. The summed E-state index contributed by atoms with van der Waals surface area (Å²) in [5.41, 5.74) is 6.18. The molecule has 0 spiro atoms. The van der Waals surface area contributed by atoms with Crippen LogP contribution < -0.4 is 11.1 Å². The summed E-state index contributed by atoms with van der Waals surface area (Å²) in [7, 11) is 0. The molecule has 0 aromatic heterocycles. The lowest BCUT2D eigenvalue weighted by molar-refractivity contribution is -0.132. The summed E-state index contributed by atoms with van der Waals surface area (Å²) in [4.78, 5) is 12.3. The lowest BCUT2D eigenvalue weighted by Gasteiger charge is -2.21.